The van der Waals surface area contributed by atoms with Gasteiger partial charge in [0.2, 0.25) is 0 Å². The van der Waals surface area contributed by atoms with E-state index in [0.29, 0.717) is 11.6 Å². The molecule has 2 aromatic rings. The number of aryl methyl sites for hydroxylation is 2. The quantitative estimate of drug-likeness (QED) is 0.839. The fourth-order valence-electron chi connectivity index (χ4n) is 2.25. The van der Waals surface area contributed by atoms with Crippen LogP contribution < -0.4 is 4.74 Å². The van der Waals surface area contributed by atoms with E-state index in [2.05, 4.69) is 0 Å². The van der Waals surface area contributed by atoms with E-state index in [9.17, 15) is 4.79 Å². The van der Waals surface area contributed by atoms with Crippen molar-refractivity contribution in [3.05, 3.63) is 50.2 Å². The molecule has 0 unspecified atom stereocenters. The first-order valence-corrected chi connectivity index (χ1v) is 7.76. The standard InChI is InChI=1S/C16H18ClNO2S/c1-10-7-14(11(2)21-10)16(19)18(3)9-12-8-13(17)5-6-15(12)20-4/h5-8H,9H2,1-4H3. The summed E-state index contributed by atoms with van der Waals surface area (Å²) in [6.07, 6.45) is 0. The molecule has 1 heterocycles. The first-order valence-electron chi connectivity index (χ1n) is 6.57. The Bertz CT molecular complexity index is 666. The molecule has 0 saturated heterocycles. The van der Waals surface area contributed by atoms with Crippen molar-refractivity contribution in [2.75, 3.05) is 14.2 Å². The third kappa shape index (κ3) is 3.57. The molecule has 0 N–H and O–H groups in total. The Labute approximate surface area is 134 Å². The van der Waals surface area contributed by atoms with Gasteiger partial charge in [-0.2, -0.15) is 0 Å². The number of benzene rings is 1. The van der Waals surface area contributed by atoms with E-state index >= 15 is 0 Å². The van der Waals surface area contributed by atoms with Gasteiger partial charge < -0.3 is 9.64 Å². The maximum absolute atomic E-state index is 12.5. The van der Waals surface area contributed by atoms with Crippen LogP contribution in [0.25, 0.3) is 0 Å². The lowest BCUT2D eigenvalue weighted by Crippen LogP contribution is -2.26. The van der Waals surface area contributed by atoms with Crippen molar-refractivity contribution in [2.24, 2.45) is 0 Å². The van der Waals surface area contributed by atoms with Crippen LogP contribution in [0.5, 0.6) is 5.75 Å². The summed E-state index contributed by atoms with van der Waals surface area (Å²) in [7, 11) is 3.40. The number of hydrogen-bond donors (Lipinski definition) is 0. The number of rotatable bonds is 4. The number of halogens is 1. The van der Waals surface area contributed by atoms with Gasteiger partial charge in [0.05, 0.1) is 12.7 Å². The van der Waals surface area contributed by atoms with Crippen LogP contribution in [-0.4, -0.2) is 25.0 Å². The molecule has 0 aliphatic heterocycles. The molecule has 0 fully saturated rings. The van der Waals surface area contributed by atoms with Gasteiger partial charge in [-0.3, -0.25) is 4.79 Å². The molecule has 21 heavy (non-hydrogen) atoms. The summed E-state index contributed by atoms with van der Waals surface area (Å²) in [6, 6.07) is 7.36. The number of methoxy groups -OCH3 is 1. The summed E-state index contributed by atoms with van der Waals surface area (Å²) in [6.45, 7) is 4.43. The summed E-state index contributed by atoms with van der Waals surface area (Å²) >= 11 is 7.66. The molecule has 0 atom stereocenters. The Kier molecular flexibility index (Phi) is 4.91. The third-order valence-electron chi connectivity index (χ3n) is 3.27. The number of amides is 1. The summed E-state index contributed by atoms with van der Waals surface area (Å²) in [5.41, 5.74) is 1.66. The molecule has 0 radical (unpaired) electrons. The molecular weight excluding hydrogens is 306 g/mol. The molecular formula is C16H18ClNO2S. The van der Waals surface area contributed by atoms with Gasteiger partial charge in [-0.05, 0) is 38.1 Å². The second-order valence-corrected chi connectivity index (χ2v) is 6.84. The van der Waals surface area contributed by atoms with Gasteiger partial charge >= 0.3 is 0 Å². The maximum Gasteiger partial charge on any atom is 0.255 e. The largest absolute Gasteiger partial charge is 0.496 e. The SMILES string of the molecule is COc1ccc(Cl)cc1CN(C)C(=O)c1cc(C)sc1C. The fourth-order valence-corrected chi connectivity index (χ4v) is 3.36. The van der Waals surface area contributed by atoms with Crippen LogP contribution >= 0.6 is 22.9 Å². The lowest BCUT2D eigenvalue weighted by molar-refractivity contribution is 0.0784. The molecule has 2 rings (SSSR count). The van der Waals surface area contributed by atoms with Gasteiger partial charge in [-0.15, -0.1) is 11.3 Å². The van der Waals surface area contributed by atoms with Gasteiger partial charge in [0.25, 0.3) is 5.91 Å². The van der Waals surface area contributed by atoms with Crippen LogP contribution in [0, 0.1) is 13.8 Å². The van der Waals surface area contributed by atoms with Crippen molar-refractivity contribution in [1.29, 1.82) is 0 Å². The predicted molar refractivity (Wildman–Crippen MR) is 87.6 cm³/mol. The number of thiophene rings is 1. The molecule has 0 aliphatic carbocycles. The van der Waals surface area contributed by atoms with E-state index < -0.39 is 0 Å². The molecule has 0 spiro atoms. The lowest BCUT2D eigenvalue weighted by atomic mass is 10.1. The van der Waals surface area contributed by atoms with Crippen molar-refractivity contribution >= 4 is 28.8 Å². The monoisotopic (exact) mass is 323 g/mol. The smallest absolute Gasteiger partial charge is 0.255 e. The number of nitrogens with zero attached hydrogens (tertiary/aromatic N) is 1. The highest BCUT2D eigenvalue weighted by atomic mass is 35.5. The minimum atomic E-state index is 0.0129. The maximum atomic E-state index is 12.5. The van der Waals surface area contributed by atoms with Crippen molar-refractivity contribution in [3.63, 3.8) is 0 Å². The first kappa shape index (κ1) is 15.9. The van der Waals surface area contributed by atoms with Gasteiger partial charge in [0.15, 0.2) is 0 Å². The third-order valence-corrected chi connectivity index (χ3v) is 4.47. The van der Waals surface area contributed by atoms with Crippen molar-refractivity contribution in [2.45, 2.75) is 20.4 Å². The zero-order chi connectivity index (χ0) is 15.6. The highest BCUT2D eigenvalue weighted by Crippen LogP contribution is 2.26. The molecule has 0 bridgehead atoms. The molecule has 1 aromatic heterocycles. The second kappa shape index (κ2) is 6.50. The Morgan fingerprint density at radius 3 is 2.62 bits per heavy atom. The topological polar surface area (TPSA) is 29.5 Å². The number of hydrogen-bond acceptors (Lipinski definition) is 3. The number of carbonyl (C=O) groups excluding carboxylic acids is 1. The zero-order valence-corrected chi connectivity index (χ0v) is 14.1. The Balaban J connectivity index is 2.21. The Morgan fingerprint density at radius 2 is 2.05 bits per heavy atom. The summed E-state index contributed by atoms with van der Waals surface area (Å²) < 4.78 is 5.32. The summed E-state index contributed by atoms with van der Waals surface area (Å²) in [5.74, 6) is 0.746. The minimum absolute atomic E-state index is 0.0129. The van der Waals surface area contributed by atoms with Gasteiger partial charge in [0, 0.05) is 33.9 Å². The summed E-state index contributed by atoms with van der Waals surface area (Å²) in [5, 5.41) is 0.634. The average molecular weight is 324 g/mol. The first-order chi connectivity index (χ1) is 9.92. The van der Waals surface area contributed by atoms with Crippen LogP contribution in [-0.2, 0) is 6.54 Å². The second-order valence-electron chi connectivity index (χ2n) is 4.94. The fraction of sp³-hybridized carbons (Fsp3) is 0.312. The van der Waals surface area contributed by atoms with Crippen LogP contribution in [0.3, 0.4) is 0 Å². The zero-order valence-electron chi connectivity index (χ0n) is 12.6. The molecule has 112 valence electrons. The molecule has 3 nitrogen and oxygen atoms in total. The van der Waals surface area contributed by atoms with E-state index in [1.54, 1.807) is 36.5 Å². The van der Waals surface area contributed by atoms with Crippen LogP contribution in [0.2, 0.25) is 5.02 Å². The van der Waals surface area contributed by atoms with Crippen LogP contribution in [0.1, 0.15) is 25.7 Å². The normalized spacial score (nSPS) is 10.5. The summed E-state index contributed by atoms with van der Waals surface area (Å²) in [4.78, 5) is 16.4. The van der Waals surface area contributed by atoms with Crippen molar-refractivity contribution in [3.8, 4) is 5.75 Å². The van der Waals surface area contributed by atoms with Gasteiger partial charge in [-0.25, -0.2) is 0 Å². The Morgan fingerprint density at radius 1 is 1.33 bits per heavy atom. The number of carbonyl (C=O) groups is 1. The highest BCUT2D eigenvalue weighted by Gasteiger charge is 2.18. The highest BCUT2D eigenvalue weighted by molar-refractivity contribution is 7.12. The van der Waals surface area contributed by atoms with E-state index in [1.165, 1.54) is 0 Å². The van der Waals surface area contributed by atoms with Crippen LogP contribution in [0.4, 0.5) is 0 Å². The van der Waals surface area contributed by atoms with Gasteiger partial charge in [-0.1, -0.05) is 11.6 Å². The van der Waals surface area contributed by atoms with Gasteiger partial charge in [0.1, 0.15) is 5.75 Å². The molecule has 0 aliphatic rings. The van der Waals surface area contributed by atoms with E-state index in [-0.39, 0.29) is 5.91 Å². The Hall–Kier alpha value is -1.52. The van der Waals surface area contributed by atoms with E-state index in [0.717, 1.165) is 26.6 Å². The average Bonchev–Trinajstić information content (AvgIpc) is 2.77. The number of ether oxygens (including phenoxy) is 1. The van der Waals surface area contributed by atoms with Crippen LogP contribution in [0.15, 0.2) is 24.3 Å². The molecule has 0 saturated carbocycles. The molecule has 1 amide bonds. The lowest BCUT2D eigenvalue weighted by Gasteiger charge is -2.19. The van der Waals surface area contributed by atoms with Crippen molar-refractivity contribution < 1.29 is 9.53 Å². The van der Waals surface area contributed by atoms with Crippen molar-refractivity contribution in [1.82, 2.24) is 4.90 Å². The predicted octanol–water partition coefficient (Wildman–Crippen LogP) is 4.30. The minimum Gasteiger partial charge on any atom is -0.496 e. The molecule has 1 aromatic carbocycles. The van der Waals surface area contributed by atoms with E-state index in [1.807, 2.05) is 32.0 Å². The van der Waals surface area contributed by atoms with E-state index in [4.69, 9.17) is 16.3 Å². The molecule has 5 heteroatoms.